The average molecular weight is 349 g/mol. The number of aromatic nitrogens is 1. The van der Waals surface area contributed by atoms with Gasteiger partial charge in [-0.1, -0.05) is 0 Å². The number of amides is 1. The van der Waals surface area contributed by atoms with E-state index < -0.39 is 30.8 Å². The van der Waals surface area contributed by atoms with Crippen LogP contribution in [0.3, 0.4) is 0 Å². The first-order valence-corrected chi connectivity index (χ1v) is 7.94. The summed E-state index contributed by atoms with van der Waals surface area (Å²) in [6.07, 6.45) is 0.733. The number of nitrogens with zero attached hydrogens (tertiary/aromatic N) is 3. The zero-order valence-electron chi connectivity index (χ0n) is 12.7. The van der Waals surface area contributed by atoms with E-state index in [1.54, 1.807) is 37.4 Å². The maximum absolute atomic E-state index is 13.5. The lowest BCUT2D eigenvalue weighted by atomic mass is 10.2. The number of rotatable bonds is 3. The average Bonchev–Trinajstić information content (AvgIpc) is 3.18. The molecule has 24 heavy (non-hydrogen) atoms. The Morgan fingerprint density at radius 1 is 1.46 bits per heavy atom. The fourth-order valence-electron chi connectivity index (χ4n) is 2.53. The fraction of sp³-hybridized carbons (Fsp3) is 0.312. The molecule has 0 saturated carbocycles. The Morgan fingerprint density at radius 3 is 2.79 bits per heavy atom. The van der Waals surface area contributed by atoms with Crippen molar-refractivity contribution in [2.75, 3.05) is 13.7 Å². The molecule has 1 aromatic carbocycles. The van der Waals surface area contributed by atoms with E-state index in [1.165, 1.54) is 6.20 Å². The molecule has 5 nitrogen and oxygen atoms in total. The van der Waals surface area contributed by atoms with Gasteiger partial charge in [-0.2, -0.15) is 5.26 Å². The van der Waals surface area contributed by atoms with Crippen LogP contribution in [0.4, 0.5) is 8.78 Å². The monoisotopic (exact) mass is 349 g/mol. The number of halogens is 2. The van der Waals surface area contributed by atoms with E-state index in [0.29, 0.717) is 10.8 Å². The Kier molecular flexibility index (Phi) is 4.20. The predicted octanol–water partition coefficient (Wildman–Crippen LogP) is 3.19. The standard InChI is InChI=1S/C16H13F2N3O2S/c1-23-12-4-2-10(3-5-12)14-20-8-13(24-14)15(22)21-9-16(17,18)6-11(21)7-19/h2-5,8,11H,6,9H2,1H3. The number of hydrogen-bond acceptors (Lipinski definition) is 5. The van der Waals surface area contributed by atoms with Gasteiger partial charge in [0.05, 0.1) is 25.9 Å². The maximum atomic E-state index is 13.5. The first kappa shape index (κ1) is 16.3. The van der Waals surface area contributed by atoms with Crippen LogP contribution in [0.25, 0.3) is 10.6 Å². The van der Waals surface area contributed by atoms with Crippen LogP contribution in [0.2, 0.25) is 0 Å². The largest absolute Gasteiger partial charge is 0.497 e. The first-order valence-electron chi connectivity index (χ1n) is 7.12. The molecule has 0 N–H and O–H groups in total. The lowest BCUT2D eigenvalue weighted by molar-refractivity contribution is 0.0119. The summed E-state index contributed by atoms with van der Waals surface area (Å²) in [5.41, 5.74) is 0.795. The van der Waals surface area contributed by atoms with Gasteiger partial charge in [-0.05, 0) is 24.3 Å². The fourth-order valence-corrected chi connectivity index (χ4v) is 3.40. The van der Waals surface area contributed by atoms with Crippen LogP contribution >= 0.6 is 11.3 Å². The lowest BCUT2D eigenvalue weighted by Gasteiger charge is -2.17. The van der Waals surface area contributed by atoms with Crippen molar-refractivity contribution in [1.82, 2.24) is 9.88 Å². The molecule has 2 heterocycles. The van der Waals surface area contributed by atoms with Gasteiger partial charge in [0.1, 0.15) is 21.7 Å². The highest BCUT2D eigenvalue weighted by Gasteiger charge is 2.47. The van der Waals surface area contributed by atoms with Crippen LogP contribution in [-0.4, -0.2) is 41.4 Å². The van der Waals surface area contributed by atoms with Crippen LogP contribution in [0.5, 0.6) is 5.75 Å². The molecule has 1 saturated heterocycles. The van der Waals surface area contributed by atoms with Gasteiger partial charge in [0.2, 0.25) is 0 Å². The summed E-state index contributed by atoms with van der Waals surface area (Å²) >= 11 is 1.11. The number of carbonyl (C=O) groups excluding carboxylic acids is 1. The highest BCUT2D eigenvalue weighted by Crippen LogP contribution is 2.34. The second kappa shape index (κ2) is 6.17. The highest BCUT2D eigenvalue weighted by atomic mass is 32.1. The number of thiazole rings is 1. The van der Waals surface area contributed by atoms with Crippen LogP contribution in [0.15, 0.2) is 30.5 Å². The molecule has 1 aliphatic rings. The summed E-state index contributed by atoms with van der Waals surface area (Å²) in [5, 5.41) is 9.59. The van der Waals surface area contributed by atoms with Gasteiger partial charge >= 0.3 is 0 Å². The Hall–Kier alpha value is -2.53. The van der Waals surface area contributed by atoms with E-state index in [1.807, 2.05) is 0 Å². The van der Waals surface area contributed by atoms with Crippen LogP contribution in [0, 0.1) is 11.3 Å². The van der Waals surface area contributed by atoms with Crippen LogP contribution in [-0.2, 0) is 0 Å². The van der Waals surface area contributed by atoms with Gasteiger partial charge in [-0.25, -0.2) is 13.8 Å². The lowest BCUT2D eigenvalue weighted by Crippen LogP contribution is -2.35. The van der Waals surface area contributed by atoms with Gasteiger partial charge in [-0.15, -0.1) is 11.3 Å². The van der Waals surface area contributed by atoms with Crippen molar-refractivity contribution in [3.8, 4) is 22.4 Å². The normalized spacial score (nSPS) is 19.1. The molecule has 0 spiro atoms. The van der Waals surface area contributed by atoms with E-state index in [9.17, 15) is 13.6 Å². The number of carbonyl (C=O) groups is 1. The Bertz CT molecular complexity index is 798. The van der Waals surface area contributed by atoms with Crippen molar-refractivity contribution in [3.63, 3.8) is 0 Å². The third-order valence-corrected chi connectivity index (χ3v) is 4.77. The van der Waals surface area contributed by atoms with Gasteiger partial charge < -0.3 is 9.64 Å². The van der Waals surface area contributed by atoms with E-state index in [2.05, 4.69) is 4.98 Å². The molecular weight excluding hydrogens is 336 g/mol. The van der Waals surface area contributed by atoms with Crippen molar-refractivity contribution in [3.05, 3.63) is 35.3 Å². The molecule has 1 unspecified atom stereocenters. The number of ether oxygens (including phenoxy) is 1. The summed E-state index contributed by atoms with van der Waals surface area (Å²) < 4.78 is 32.0. The molecule has 0 aliphatic carbocycles. The maximum Gasteiger partial charge on any atom is 0.268 e. The molecule has 0 radical (unpaired) electrons. The SMILES string of the molecule is COc1ccc(-c2ncc(C(=O)N3CC(F)(F)CC3C#N)s2)cc1. The number of likely N-dealkylation sites (tertiary alicyclic amines) is 1. The van der Waals surface area contributed by atoms with Crippen molar-refractivity contribution in [2.24, 2.45) is 0 Å². The molecule has 2 aromatic rings. The van der Waals surface area contributed by atoms with Crippen LogP contribution < -0.4 is 4.74 Å². The summed E-state index contributed by atoms with van der Waals surface area (Å²) in [4.78, 5) is 17.8. The molecule has 1 aliphatic heterocycles. The van der Waals surface area contributed by atoms with E-state index >= 15 is 0 Å². The predicted molar refractivity (Wildman–Crippen MR) is 84.1 cm³/mol. The highest BCUT2D eigenvalue weighted by molar-refractivity contribution is 7.16. The molecule has 0 bridgehead atoms. The number of nitriles is 1. The van der Waals surface area contributed by atoms with Crippen LogP contribution in [0.1, 0.15) is 16.1 Å². The summed E-state index contributed by atoms with van der Waals surface area (Å²) in [6, 6.07) is 7.79. The summed E-state index contributed by atoms with van der Waals surface area (Å²) in [7, 11) is 1.56. The number of methoxy groups -OCH3 is 1. The third kappa shape index (κ3) is 3.08. The molecule has 124 valence electrons. The molecule has 3 rings (SSSR count). The minimum absolute atomic E-state index is 0.235. The molecule has 1 atom stereocenters. The molecule has 1 aromatic heterocycles. The number of hydrogen-bond donors (Lipinski definition) is 0. The van der Waals surface area contributed by atoms with Gasteiger partial charge in [0.25, 0.3) is 11.8 Å². The van der Waals surface area contributed by atoms with Gasteiger partial charge in [0, 0.05) is 12.0 Å². The minimum Gasteiger partial charge on any atom is -0.497 e. The van der Waals surface area contributed by atoms with E-state index in [0.717, 1.165) is 21.8 Å². The third-order valence-electron chi connectivity index (χ3n) is 3.73. The summed E-state index contributed by atoms with van der Waals surface area (Å²) in [5.74, 6) is -2.92. The van der Waals surface area contributed by atoms with Crippen molar-refractivity contribution >= 4 is 17.2 Å². The van der Waals surface area contributed by atoms with Gasteiger partial charge in [-0.3, -0.25) is 4.79 Å². The van der Waals surface area contributed by atoms with E-state index in [-0.39, 0.29) is 4.88 Å². The topological polar surface area (TPSA) is 66.2 Å². The zero-order valence-corrected chi connectivity index (χ0v) is 13.5. The first-order chi connectivity index (χ1) is 11.4. The Balaban J connectivity index is 1.82. The van der Waals surface area contributed by atoms with Crippen molar-refractivity contribution in [2.45, 2.75) is 18.4 Å². The Morgan fingerprint density at radius 2 is 2.17 bits per heavy atom. The van der Waals surface area contributed by atoms with Crippen molar-refractivity contribution < 1.29 is 18.3 Å². The smallest absolute Gasteiger partial charge is 0.268 e. The quantitative estimate of drug-likeness (QED) is 0.853. The van der Waals surface area contributed by atoms with Gasteiger partial charge in [0.15, 0.2) is 0 Å². The Labute approximate surface area is 141 Å². The second-order valence-electron chi connectivity index (χ2n) is 5.40. The zero-order chi connectivity index (χ0) is 17.3. The minimum atomic E-state index is -3.03. The van der Waals surface area contributed by atoms with E-state index in [4.69, 9.17) is 10.00 Å². The second-order valence-corrected chi connectivity index (χ2v) is 6.43. The van der Waals surface area contributed by atoms with Crippen molar-refractivity contribution in [1.29, 1.82) is 5.26 Å². The molecule has 8 heteroatoms. The molecular formula is C16H13F2N3O2S. The number of benzene rings is 1. The molecule has 1 amide bonds. The summed E-state index contributed by atoms with van der Waals surface area (Å²) in [6.45, 7) is -0.736. The number of alkyl halides is 2. The molecule has 1 fully saturated rings.